The van der Waals surface area contributed by atoms with E-state index in [1.165, 1.54) is 9.56 Å². The molecule has 0 radical (unpaired) electrons. The number of hydrogen-bond donors (Lipinski definition) is 1. The molecule has 0 aromatic carbocycles. The number of fused-ring (bicyclic) bond motifs is 1. The summed E-state index contributed by atoms with van der Waals surface area (Å²) in [6.45, 7) is 5.42. The van der Waals surface area contributed by atoms with E-state index in [4.69, 9.17) is 0 Å². The number of rotatable bonds is 2. The van der Waals surface area contributed by atoms with E-state index >= 15 is 0 Å². The summed E-state index contributed by atoms with van der Waals surface area (Å²) < 4.78 is 1.52. The van der Waals surface area contributed by atoms with Crippen molar-refractivity contribution in [1.82, 2.24) is 14.8 Å². The molecule has 0 bridgehead atoms. The molecule has 0 fully saturated rings. The first-order chi connectivity index (χ1) is 9.13. The average molecular weight is 276 g/mol. The van der Waals surface area contributed by atoms with Crippen molar-refractivity contribution >= 4 is 17.0 Å². The molecule has 100 valence electrons. The topological polar surface area (TPSA) is 59.8 Å². The van der Waals surface area contributed by atoms with Gasteiger partial charge in [0, 0.05) is 17.5 Å². The van der Waals surface area contributed by atoms with Gasteiger partial charge in [-0.3, -0.25) is 4.79 Å². The maximum absolute atomic E-state index is 12.0. The number of thiazole rings is 1. The van der Waals surface area contributed by atoms with Crippen LogP contribution in [-0.4, -0.2) is 21.3 Å². The summed E-state index contributed by atoms with van der Waals surface area (Å²) in [7, 11) is 0. The van der Waals surface area contributed by atoms with Crippen molar-refractivity contribution in [3.63, 3.8) is 0 Å². The Morgan fingerprint density at radius 3 is 3.05 bits per heavy atom. The SMILES string of the molecule is Cc1nc(Cn2nc3c(cc2=O)NCCC3)sc1C. The third-order valence-corrected chi connectivity index (χ3v) is 4.40. The summed E-state index contributed by atoms with van der Waals surface area (Å²) in [6.07, 6.45) is 1.99. The fraction of sp³-hybridized carbons (Fsp3) is 0.462. The third kappa shape index (κ3) is 2.40. The summed E-state index contributed by atoms with van der Waals surface area (Å²) >= 11 is 1.63. The molecule has 19 heavy (non-hydrogen) atoms. The Balaban J connectivity index is 1.94. The Hall–Kier alpha value is -1.69. The van der Waals surface area contributed by atoms with E-state index in [1.54, 1.807) is 17.4 Å². The Labute approximate surface area is 115 Å². The smallest absolute Gasteiger partial charge is 0.269 e. The van der Waals surface area contributed by atoms with E-state index in [2.05, 4.69) is 15.4 Å². The molecule has 1 aliphatic heterocycles. The number of aryl methyl sites for hydroxylation is 3. The minimum Gasteiger partial charge on any atom is -0.383 e. The molecule has 6 heteroatoms. The first kappa shape index (κ1) is 12.3. The molecule has 0 saturated heterocycles. The van der Waals surface area contributed by atoms with Gasteiger partial charge in [-0.2, -0.15) is 5.10 Å². The normalized spacial score (nSPS) is 14.0. The number of aromatic nitrogens is 3. The van der Waals surface area contributed by atoms with Gasteiger partial charge in [-0.15, -0.1) is 11.3 Å². The maximum atomic E-state index is 12.0. The van der Waals surface area contributed by atoms with Crippen molar-refractivity contribution in [3.8, 4) is 0 Å². The van der Waals surface area contributed by atoms with Crippen LogP contribution in [0, 0.1) is 13.8 Å². The number of hydrogen-bond acceptors (Lipinski definition) is 5. The molecule has 2 aromatic heterocycles. The van der Waals surface area contributed by atoms with Gasteiger partial charge >= 0.3 is 0 Å². The van der Waals surface area contributed by atoms with Crippen LogP contribution in [0.15, 0.2) is 10.9 Å². The summed E-state index contributed by atoms with van der Waals surface area (Å²) in [5.41, 5.74) is 2.83. The molecular formula is C13H16N4OS. The Kier molecular flexibility index (Phi) is 3.10. The minimum absolute atomic E-state index is 0.0707. The third-order valence-electron chi connectivity index (χ3n) is 3.34. The highest BCUT2D eigenvalue weighted by molar-refractivity contribution is 7.11. The highest BCUT2D eigenvalue weighted by Crippen LogP contribution is 2.19. The zero-order valence-corrected chi connectivity index (χ0v) is 11.9. The van der Waals surface area contributed by atoms with Crippen LogP contribution in [0.2, 0.25) is 0 Å². The van der Waals surface area contributed by atoms with Gasteiger partial charge in [0.15, 0.2) is 0 Å². The van der Waals surface area contributed by atoms with Gasteiger partial charge in [-0.25, -0.2) is 9.67 Å². The zero-order valence-electron chi connectivity index (χ0n) is 11.1. The van der Waals surface area contributed by atoms with Crippen molar-refractivity contribution < 1.29 is 0 Å². The van der Waals surface area contributed by atoms with E-state index in [0.717, 1.165) is 41.5 Å². The molecule has 2 aromatic rings. The Morgan fingerprint density at radius 1 is 1.47 bits per heavy atom. The van der Waals surface area contributed by atoms with E-state index in [1.807, 2.05) is 13.8 Å². The van der Waals surface area contributed by atoms with E-state index in [0.29, 0.717) is 6.54 Å². The van der Waals surface area contributed by atoms with Crippen molar-refractivity contribution in [2.24, 2.45) is 0 Å². The Bertz CT molecular complexity index is 654. The second-order valence-electron chi connectivity index (χ2n) is 4.78. The van der Waals surface area contributed by atoms with Crippen molar-refractivity contribution in [3.05, 3.63) is 37.7 Å². The molecule has 3 heterocycles. The van der Waals surface area contributed by atoms with Crippen LogP contribution < -0.4 is 10.9 Å². The van der Waals surface area contributed by atoms with Crippen molar-refractivity contribution in [2.75, 3.05) is 11.9 Å². The lowest BCUT2D eigenvalue weighted by Crippen LogP contribution is -2.27. The maximum Gasteiger partial charge on any atom is 0.269 e. The second kappa shape index (κ2) is 4.77. The lowest BCUT2D eigenvalue weighted by molar-refractivity contribution is 0.605. The van der Waals surface area contributed by atoms with Crippen molar-refractivity contribution in [2.45, 2.75) is 33.2 Å². The number of anilines is 1. The van der Waals surface area contributed by atoms with Gasteiger partial charge in [-0.05, 0) is 26.7 Å². The van der Waals surface area contributed by atoms with Crippen LogP contribution in [0.3, 0.4) is 0 Å². The average Bonchev–Trinajstić information content (AvgIpc) is 2.69. The van der Waals surface area contributed by atoms with Crippen LogP contribution in [0.25, 0.3) is 0 Å². The van der Waals surface area contributed by atoms with Crippen molar-refractivity contribution in [1.29, 1.82) is 0 Å². The zero-order chi connectivity index (χ0) is 13.4. The Morgan fingerprint density at radius 2 is 2.32 bits per heavy atom. The molecule has 5 nitrogen and oxygen atoms in total. The number of nitrogens with one attached hydrogen (secondary N) is 1. The first-order valence-electron chi connectivity index (χ1n) is 6.41. The molecule has 1 aliphatic rings. The summed E-state index contributed by atoms with van der Waals surface area (Å²) in [4.78, 5) is 17.7. The molecule has 3 rings (SSSR count). The van der Waals surface area contributed by atoms with Gasteiger partial charge in [-0.1, -0.05) is 0 Å². The highest BCUT2D eigenvalue weighted by Gasteiger charge is 2.13. The van der Waals surface area contributed by atoms with Crippen LogP contribution in [0.5, 0.6) is 0 Å². The number of nitrogens with zero attached hydrogens (tertiary/aromatic N) is 3. The van der Waals surface area contributed by atoms with Gasteiger partial charge in [0.2, 0.25) is 0 Å². The van der Waals surface area contributed by atoms with Gasteiger partial charge in [0.1, 0.15) is 5.01 Å². The predicted octanol–water partition coefficient (Wildman–Crippen LogP) is 1.72. The lowest BCUT2D eigenvalue weighted by atomic mass is 10.1. The van der Waals surface area contributed by atoms with Crippen LogP contribution in [-0.2, 0) is 13.0 Å². The molecule has 1 N–H and O–H groups in total. The molecule has 0 unspecified atom stereocenters. The highest BCUT2D eigenvalue weighted by atomic mass is 32.1. The first-order valence-corrected chi connectivity index (χ1v) is 7.23. The predicted molar refractivity (Wildman–Crippen MR) is 76.0 cm³/mol. The van der Waals surface area contributed by atoms with Crippen LogP contribution in [0.4, 0.5) is 5.69 Å². The van der Waals surface area contributed by atoms with Gasteiger partial charge in [0.25, 0.3) is 5.56 Å². The summed E-state index contributed by atoms with van der Waals surface area (Å²) in [5.74, 6) is 0. The van der Waals surface area contributed by atoms with Gasteiger partial charge in [0.05, 0.1) is 23.6 Å². The second-order valence-corrected chi connectivity index (χ2v) is 6.07. The minimum atomic E-state index is -0.0707. The fourth-order valence-electron chi connectivity index (χ4n) is 2.19. The molecule has 0 saturated carbocycles. The van der Waals surface area contributed by atoms with E-state index < -0.39 is 0 Å². The fourth-order valence-corrected chi connectivity index (χ4v) is 3.11. The molecule has 0 aliphatic carbocycles. The molecule has 0 atom stereocenters. The van der Waals surface area contributed by atoms with Crippen LogP contribution in [0.1, 0.15) is 27.7 Å². The quantitative estimate of drug-likeness (QED) is 0.907. The summed E-state index contributed by atoms with van der Waals surface area (Å²) in [6, 6.07) is 1.65. The molecule has 0 amide bonds. The standard InChI is InChI=1S/C13H16N4OS/c1-8-9(2)19-12(15-8)7-17-13(18)6-11-10(16-17)4-3-5-14-11/h6,14H,3-5,7H2,1-2H3. The van der Waals surface area contributed by atoms with E-state index in [9.17, 15) is 4.79 Å². The van der Waals surface area contributed by atoms with Crippen LogP contribution >= 0.6 is 11.3 Å². The monoisotopic (exact) mass is 276 g/mol. The van der Waals surface area contributed by atoms with E-state index in [-0.39, 0.29) is 5.56 Å². The largest absolute Gasteiger partial charge is 0.383 e. The molecular weight excluding hydrogens is 260 g/mol. The lowest BCUT2D eigenvalue weighted by Gasteiger charge is -2.17. The summed E-state index contributed by atoms with van der Waals surface area (Å²) in [5, 5.41) is 8.61. The van der Waals surface area contributed by atoms with Gasteiger partial charge < -0.3 is 5.32 Å². The molecule has 0 spiro atoms.